The van der Waals surface area contributed by atoms with E-state index in [4.69, 9.17) is 4.74 Å². The van der Waals surface area contributed by atoms with Gasteiger partial charge in [-0.2, -0.15) is 0 Å². The first-order valence-electron chi connectivity index (χ1n) is 9.30. The van der Waals surface area contributed by atoms with Crippen molar-refractivity contribution < 1.29 is 4.74 Å². The minimum atomic E-state index is 0.219. The first kappa shape index (κ1) is 17.7. The van der Waals surface area contributed by atoms with Crippen LogP contribution in [0.1, 0.15) is 42.5 Å². The van der Waals surface area contributed by atoms with Crippen LogP contribution in [0, 0.1) is 13.8 Å². The number of anilines is 2. The number of hydrogen-bond donors (Lipinski definition) is 1. The molecule has 0 amide bonds. The summed E-state index contributed by atoms with van der Waals surface area (Å²) < 4.78 is 5.87. The Morgan fingerprint density at radius 2 is 1.76 bits per heavy atom. The quantitative estimate of drug-likeness (QED) is 0.841. The first-order valence-corrected chi connectivity index (χ1v) is 9.30. The van der Waals surface area contributed by atoms with Crippen molar-refractivity contribution in [2.45, 2.75) is 53.2 Å². The molecule has 3 nitrogen and oxygen atoms in total. The number of ether oxygens (including phenoxy) is 1. The summed E-state index contributed by atoms with van der Waals surface area (Å²) in [6.45, 7) is 10.6. The molecule has 0 radical (unpaired) electrons. The highest BCUT2D eigenvalue weighted by atomic mass is 16.5. The smallest absolute Gasteiger partial charge is 0.119 e. The normalized spacial score (nSPS) is 14.2. The summed E-state index contributed by atoms with van der Waals surface area (Å²) in [5.41, 5.74) is 8.03. The Labute approximate surface area is 152 Å². The lowest BCUT2D eigenvalue weighted by atomic mass is 10.0. The molecule has 134 valence electrons. The van der Waals surface area contributed by atoms with Gasteiger partial charge in [0, 0.05) is 31.5 Å². The molecule has 0 atom stereocenters. The molecule has 0 unspecified atom stereocenters. The molecule has 0 saturated carbocycles. The molecule has 3 rings (SSSR count). The van der Waals surface area contributed by atoms with E-state index in [0.717, 1.165) is 25.3 Å². The van der Waals surface area contributed by atoms with Crippen LogP contribution in [-0.4, -0.2) is 19.7 Å². The van der Waals surface area contributed by atoms with Crippen LogP contribution in [0.2, 0.25) is 0 Å². The van der Waals surface area contributed by atoms with Gasteiger partial charge < -0.3 is 15.0 Å². The zero-order chi connectivity index (χ0) is 18.0. The van der Waals surface area contributed by atoms with Crippen LogP contribution < -0.4 is 15.0 Å². The molecule has 2 aromatic carbocycles. The lowest BCUT2D eigenvalue weighted by Crippen LogP contribution is -2.22. The molecule has 0 spiro atoms. The number of hydrogen-bond acceptors (Lipinski definition) is 3. The molecule has 3 heteroatoms. The molecule has 1 aliphatic rings. The second kappa shape index (κ2) is 7.38. The van der Waals surface area contributed by atoms with Crippen LogP contribution in [0.4, 0.5) is 11.4 Å². The van der Waals surface area contributed by atoms with E-state index in [1.165, 1.54) is 40.0 Å². The van der Waals surface area contributed by atoms with Gasteiger partial charge in [0.15, 0.2) is 0 Å². The standard InChI is InChI=1S/C22H30N2O/c1-15(2)25-21-9-8-19-14-24(10-6-7-18(19)13-21)20-11-16(3)22(23-5)17(4)12-20/h8-9,11-13,15,23H,6-7,10,14H2,1-5H3. The number of nitrogens with zero attached hydrogens (tertiary/aromatic N) is 1. The molecular weight excluding hydrogens is 308 g/mol. The Balaban J connectivity index is 1.87. The van der Waals surface area contributed by atoms with Gasteiger partial charge in [-0.3, -0.25) is 0 Å². The minimum absolute atomic E-state index is 0.219. The van der Waals surface area contributed by atoms with Crippen molar-refractivity contribution in [1.82, 2.24) is 0 Å². The van der Waals surface area contributed by atoms with Gasteiger partial charge >= 0.3 is 0 Å². The fraction of sp³-hybridized carbons (Fsp3) is 0.455. The lowest BCUT2D eigenvalue weighted by molar-refractivity contribution is 0.242. The van der Waals surface area contributed by atoms with Gasteiger partial charge in [0.25, 0.3) is 0 Å². The van der Waals surface area contributed by atoms with Gasteiger partial charge in [-0.25, -0.2) is 0 Å². The highest BCUT2D eigenvalue weighted by Crippen LogP contribution is 2.31. The van der Waals surface area contributed by atoms with E-state index in [0.29, 0.717) is 0 Å². The zero-order valence-corrected chi connectivity index (χ0v) is 16.1. The molecule has 1 heterocycles. The monoisotopic (exact) mass is 338 g/mol. The van der Waals surface area contributed by atoms with Gasteiger partial charge in [-0.05, 0) is 87.1 Å². The molecule has 0 aromatic heterocycles. The predicted molar refractivity (Wildman–Crippen MR) is 107 cm³/mol. The Hall–Kier alpha value is -2.16. The molecule has 0 saturated heterocycles. The fourth-order valence-corrected chi connectivity index (χ4v) is 3.82. The van der Waals surface area contributed by atoms with E-state index >= 15 is 0 Å². The van der Waals surface area contributed by atoms with Gasteiger partial charge in [-0.15, -0.1) is 0 Å². The number of benzene rings is 2. The average molecular weight is 338 g/mol. The Kier molecular flexibility index (Phi) is 5.22. The maximum Gasteiger partial charge on any atom is 0.119 e. The van der Waals surface area contributed by atoms with E-state index in [2.05, 4.69) is 68.2 Å². The summed E-state index contributed by atoms with van der Waals surface area (Å²) in [6, 6.07) is 11.2. The van der Waals surface area contributed by atoms with E-state index in [9.17, 15) is 0 Å². The predicted octanol–water partition coefficient (Wildman–Crippen LogP) is 5.09. The van der Waals surface area contributed by atoms with Crippen molar-refractivity contribution in [3.63, 3.8) is 0 Å². The third kappa shape index (κ3) is 3.92. The van der Waals surface area contributed by atoms with Crippen LogP contribution in [0.15, 0.2) is 30.3 Å². The molecule has 0 bridgehead atoms. The highest BCUT2D eigenvalue weighted by Gasteiger charge is 2.17. The number of fused-ring (bicyclic) bond motifs is 1. The van der Waals surface area contributed by atoms with Gasteiger partial charge in [0.05, 0.1) is 6.10 Å². The Morgan fingerprint density at radius 3 is 2.40 bits per heavy atom. The van der Waals surface area contributed by atoms with Gasteiger partial charge in [-0.1, -0.05) is 6.07 Å². The van der Waals surface area contributed by atoms with Crippen molar-refractivity contribution >= 4 is 11.4 Å². The number of nitrogens with one attached hydrogen (secondary N) is 1. The third-order valence-corrected chi connectivity index (χ3v) is 4.92. The molecule has 2 aromatic rings. The maximum atomic E-state index is 5.87. The van der Waals surface area contributed by atoms with Crippen molar-refractivity contribution in [3.05, 3.63) is 52.6 Å². The van der Waals surface area contributed by atoms with Crippen molar-refractivity contribution in [3.8, 4) is 5.75 Å². The van der Waals surface area contributed by atoms with Crippen molar-refractivity contribution in [2.24, 2.45) is 0 Å². The van der Waals surface area contributed by atoms with Crippen molar-refractivity contribution in [2.75, 3.05) is 23.8 Å². The number of aryl methyl sites for hydroxylation is 3. The average Bonchev–Trinajstić information content (AvgIpc) is 2.76. The first-order chi connectivity index (χ1) is 12.0. The summed E-state index contributed by atoms with van der Waals surface area (Å²) in [5.74, 6) is 0.993. The molecule has 0 fully saturated rings. The Morgan fingerprint density at radius 1 is 1.04 bits per heavy atom. The van der Waals surface area contributed by atoms with Gasteiger partial charge in [0.2, 0.25) is 0 Å². The van der Waals surface area contributed by atoms with Crippen LogP contribution in [0.5, 0.6) is 5.75 Å². The second-order valence-corrected chi connectivity index (χ2v) is 7.33. The second-order valence-electron chi connectivity index (χ2n) is 7.33. The van der Waals surface area contributed by atoms with Crippen molar-refractivity contribution in [1.29, 1.82) is 0 Å². The fourth-order valence-electron chi connectivity index (χ4n) is 3.82. The molecule has 0 aliphatic carbocycles. The highest BCUT2D eigenvalue weighted by molar-refractivity contribution is 5.65. The molecule has 1 N–H and O–H groups in total. The molecular formula is C22H30N2O. The topological polar surface area (TPSA) is 24.5 Å². The molecule has 25 heavy (non-hydrogen) atoms. The summed E-state index contributed by atoms with van der Waals surface area (Å²) >= 11 is 0. The number of rotatable bonds is 4. The lowest BCUT2D eigenvalue weighted by Gasteiger charge is -2.25. The van der Waals surface area contributed by atoms with Crippen LogP contribution >= 0.6 is 0 Å². The van der Waals surface area contributed by atoms with Crippen LogP contribution in [0.3, 0.4) is 0 Å². The summed E-state index contributed by atoms with van der Waals surface area (Å²) in [6.07, 6.45) is 2.51. The largest absolute Gasteiger partial charge is 0.491 e. The summed E-state index contributed by atoms with van der Waals surface area (Å²) in [7, 11) is 1.99. The van der Waals surface area contributed by atoms with E-state index < -0.39 is 0 Å². The summed E-state index contributed by atoms with van der Waals surface area (Å²) in [5, 5.41) is 3.31. The van der Waals surface area contributed by atoms with Crippen LogP contribution in [-0.2, 0) is 13.0 Å². The van der Waals surface area contributed by atoms with Gasteiger partial charge in [0.1, 0.15) is 5.75 Å². The maximum absolute atomic E-state index is 5.87. The molecule has 1 aliphatic heterocycles. The van der Waals surface area contributed by atoms with E-state index in [1.807, 2.05) is 7.05 Å². The van der Waals surface area contributed by atoms with Crippen LogP contribution in [0.25, 0.3) is 0 Å². The minimum Gasteiger partial charge on any atom is -0.491 e. The van der Waals surface area contributed by atoms with E-state index in [1.54, 1.807) is 0 Å². The summed E-state index contributed by atoms with van der Waals surface area (Å²) in [4.78, 5) is 2.51. The Bertz CT molecular complexity index is 729. The SMILES string of the molecule is CNc1c(C)cc(N2CCCc3cc(OC(C)C)ccc3C2)cc1C. The zero-order valence-electron chi connectivity index (χ0n) is 16.1. The van der Waals surface area contributed by atoms with E-state index in [-0.39, 0.29) is 6.10 Å². The third-order valence-electron chi connectivity index (χ3n) is 4.92.